The topological polar surface area (TPSA) is 68.3 Å². The van der Waals surface area contributed by atoms with E-state index in [1.807, 2.05) is 36.4 Å². The lowest BCUT2D eigenvalue weighted by molar-refractivity contribution is -0.136. The number of hydrogen-bond acceptors (Lipinski definition) is 4. The Bertz CT molecular complexity index is 1760. The van der Waals surface area contributed by atoms with Crippen molar-refractivity contribution in [2.24, 2.45) is 0 Å². The van der Waals surface area contributed by atoms with E-state index in [0.717, 1.165) is 17.2 Å². The Balaban J connectivity index is 1.57. The molecular weight excluding hydrogens is 537 g/mol. The molecule has 0 unspecified atom stereocenters. The second kappa shape index (κ2) is 11.1. The van der Waals surface area contributed by atoms with E-state index < -0.39 is 21.8 Å². The summed E-state index contributed by atoms with van der Waals surface area (Å²) >= 11 is 0. The van der Waals surface area contributed by atoms with Crippen molar-refractivity contribution in [2.45, 2.75) is 24.4 Å². The number of hydrogen-bond donors (Lipinski definition) is 1. The Morgan fingerprint density at radius 1 is 0.850 bits per heavy atom. The van der Waals surface area contributed by atoms with Crippen LogP contribution >= 0.6 is 0 Å². The van der Waals surface area contributed by atoms with Crippen LogP contribution in [0.1, 0.15) is 23.6 Å². The molecule has 0 fully saturated rings. The summed E-state index contributed by atoms with van der Waals surface area (Å²) in [4.78, 5) is 4.37. The van der Waals surface area contributed by atoms with E-state index in [9.17, 15) is 21.6 Å². The lowest BCUT2D eigenvalue weighted by Gasteiger charge is -2.17. The Kier molecular flexibility index (Phi) is 7.60. The molecule has 0 bridgehead atoms. The van der Waals surface area contributed by atoms with Crippen LogP contribution in [-0.2, 0) is 22.6 Å². The van der Waals surface area contributed by atoms with E-state index in [-0.39, 0.29) is 17.0 Å². The Morgan fingerprint density at radius 3 is 2.27 bits per heavy atom. The van der Waals surface area contributed by atoms with Gasteiger partial charge in [0, 0.05) is 18.1 Å². The number of rotatable bonds is 8. The van der Waals surface area contributed by atoms with Gasteiger partial charge in [-0.15, -0.1) is 0 Å². The van der Waals surface area contributed by atoms with Crippen LogP contribution in [0, 0.1) is 0 Å². The number of ether oxygens (including phenoxy) is 1. The molecule has 1 N–H and O–H groups in total. The van der Waals surface area contributed by atoms with Gasteiger partial charge in [0.1, 0.15) is 11.5 Å². The van der Waals surface area contributed by atoms with E-state index in [1.165, 1.54) is 24.4 Å². The monoisotopic (exact) mass is 562 g/mol. The minimum absolute atomic E-state index is 0.115. The standard InChI is InChI=1S/C31H25F3N2O3S/c1-2-36-40(37,38)26-16-14-24(15-17-26)39-25-11-6-10-22(19-25)29-23(18-21-8-4-3-5-9-21)20-35-30-27(29)12-7-13-28(30)31(32,33)34/h3-17,19-20,36H,2,18H2,1H3. The van der Waals surface area contributed by atoms with Gasteiger partial charge in [0.2, 0.25) is 10.0 Å². The third-order valence-corrected chi connectivity index (χ3v) is 7.91. The fourth-order valence-corrected chi connectivity index (χ4v) is 5.64. The fraction of sp³-hybridized carbons (Fsp3) is 0.129. The van der Waals surface area contributed by atoms with E-state index >= 15 is 0 Å². The van der Waals surface area contributed by atoms with Gasteiger partial charge in [-0.25, -0.2) is 13.1 Å². The smallest absolute Gasteiger partial charge is 0.418 e. The molecule has 9 heteroatoms. The molecule has 5 rings (SSSR count). The second-order valence-electron chi connectivity index (χ2n) is 9.12. The van der Waals surface area contributed by atoms with Gasteiger partial charge in [-0.3, -0.25) is 4.98 Å². The molecule has 0 spiro atoms. The normalized spacial score (nSPS) is 12.0. The summed E-state index contributed by atoms with van der Waals surface area (Å²) in [5, 5.41) is 0.387. The summed E-state index contributed by atoms with van der Waals surface area (Å²) < 4.78 is 74.5. The van der Waals surface area contributed by atoms with Crippen molar-refractivity contribution in [3.8, 4) is 22.6 Å². The first-order valence-corrected chi connectivity index (χ1v) is 14.0. The molecule has 0 saturated carbocycles. The maximum Gasteiger partial charge on any atom is 0.418 e. The first kappa shape index (κ1) is 27.4. The number of halogens is 3. The third kappa shape index (κ3) is 5.85. The highest BCUT2D eigenvalue weighted by Crippen LogP contribution is 2.40. The van der Waals surface area contributed by atoms with Gasteiger partial charge >= 0.3 is 6.18 Å². The molecule has 1 heterocycles. The molecule has 5 aromatic rings. The maximum atomic E-state index is 13.8. The molecule has 5 nitrogen and oxygen atoms in total. The number of fused-ring (bicyclic) bond motifs is 1. The quantitative estimate of drug-likeness (QED) is 0.211. The fourth-order valence-electron chi connectivity index (χ4n) is 4.60. The summed E-state index contributed by atoms with van der Waals surface area (Å²) in [6, 6.07) is 26.8. The first-order chi connectivity index (χ1) is 19.2. The van der Waals surface area contributed by atoms with Crippen LogP contribution in [-0.4, -0.2) is 19.9 Å². The number of sulfonamides is 1. The van der Waals surface area contributed by atoms with Gasteiger partial charge < -0.3 is 4.74 Å². The summed E-state index contributed by atoms with van der Waals surface area (Å²) in [5.74, 6) is 0.860. The predicted octanol–water partition coefficient (Wildman–Crippen LogP) is 7.60. The number of aromatic nitrogens is 1. The number of para-hydroxylation sites is 1. The highest BCUT2D eigenvalue weighted by Gasteiger charge is 2.33. The maximum absolute atomic E-state index is 13.8. The van der Waals surface area contributed by atoms with Crippen LogP contribution in [0.4, 0.5) is 13.2 Å². The van der Waals surface area contributed by atoms with Crippen molar-refractivity contribution in [2.75, 3.05) is 6.54 Å². The van der Waals surface area contributed by atoms with Crippen LogP contribution in [0.3, 0.4) is 0 Å². The van der Waals surface area contributed by atoms with Crippen molar-refractivity contribution in [3.63, 3.8) is 0 Å². The number of nitrogens with zero attached hydrogens (tertiary/aromatic N) is 1. The van der Waals surface area contributed by atoms with E-state index in [4.69, 9.17) is 4.74 Å². The number of alkyl halides is 3. The molecule has 0 radical (unpaired) electrons. The van der Waals surface area contributed by atoms with Crippen LogP contribution in [0.15, 0.2) is 108 Å². The van der Waals surface area contributed by atoms with Gasteiger partial charge in [0.25, 0.3) is 0 Å². The van der Waals surface area contributed by atoms with Crippen molar-refractivity contribution in [1.29, 1.82) is 0 Å². The summed E-state index contributed by atoms with van der Waals surface area (Å²) in [5.41, 5.74) is 2.16. The van der Waals surface area contributed by atoms with Gasteiger partial charge in [-0.2, -0.15) is 13.2 Å². The van der Waals surface area contributed by atoms with Crippen LogP contribution in [0.25, 0.3) is 22.0 Å². The zero-order chi connectivity index (χ0) is 28.3. The minimum atomic E-state index is -4.55. The van der Waals surface area contributed by atoms with Crippen molar-refractivity contribution < 1.29 is 26.3 Å². The van der Waals surface area contributed by atoms with E-state index in [1.54, 1.807) is 43.3 Å². The highest BCUT2D eigenvalue weighted by molar-refractivity contribution is 7.89. The molecule has 4 aromatic carbocycles. The average molecular weight is 563 g/mol. The Morgan fingerprint density at radius 2 is 1.57 bits per heavy atom. The van der Waals surface area contributed by atoms with Crippen molar-refractivity contribution >= 4 is 20.9 Å². The van der Waals surface area contributed by atoms with Crippen LogP contribution < -0.4 is 9.46 Å². The molecule has 40 heavy (non-hydrogen) atoms. The van der Waals surface area contributed by atoms with Crippen molar-refractivity contribution in [3.05, 3.63) is 120 Å². The van der Waals surface area contributed by atoms with Crippen LogP contribution in [0.2, 0.25) is 0 Å². The Labute approximate surface area is 230 Å². The zero-order valence-corrected chi connectivity index (χ0v) is 22.3. The lowest BCUT2D eigenvalue weighted by atomic mass is 9.92. The largest absolute Gasteiger partial charge is 0.457 e. The van der Waals surface area contributed by atoms with Crippen molar-refractivity contribution in [1.82, 2.24) is 9.71 Å². The number of nitrogens with one attached hydrogen (secondary N) is 1. The summed E-state index contributed by atoms with van der Waals surface area (Å²) in [6.45, 7) is 1.97. The minimum Gasteiger partial charge on any atom is -0.457 e. The van der Waals surface area contributed by atoms with Gasteiger partial charge in [-0.05, 0) is 71.1 Å². The summed E-state index contributed by atoms with van der Waals surface area (Å²) in [7, 11) is -3.60. The average Bonchev–Trinajstić information content (AvgIpc) is 2.93. The second-order valence-corrected chi connectivity index (χ2v) is 10.9. The molecule has 0 aliphatic carbocycles. The molecule has 0 atom stereocenters. The zero-order valence-electron chi connectivity index (χ0n) is 21.4. The lowest BCUT2D eigenvalue weighted by Crippen LogP contribution is -2.22. The molecular formula is C31H25F3N2O3S. The molecule has 1 aromatic heterocycles. The molecule has 204 valence electrons. The van der Waals surface area contributed by atoms with Gasteiger partial charge in [0.15, 0.2) is 0 Å². The molecule has 0 saturated heterocycles. The molecule has 0 aliphatic rings. The Hall–Kier alpha value is -4.21. The van der Waals surface area contributed by atoms with E-state index in [0.29, 0.717) is 34.4 Å². The molecule has 0 aliphatic heterocycles. The number of benzene rings is 4. The van der Waals surface area contributed by atoms with Gasteiger partial charge in [0.05, 0.1) is 16.0 Å². The van der Waals surface area contributed by atoms with Crippen LogP contribution in [0.5, 0.6) is 11.5 Å². The highest BCUT2D eigenvalue weighted by atomic mass is 32.2. The third-order valence-electron chi connectivity index (χ3n) is 6.35. The van der Waals surface area contributed by atoms with E-state index in [2.05, 4.69) is 9.71 Å². The van der Waals surface area contributed by atoms with Gasteiger partial charge in [-0.1, -0.05) is 61.5 Å². The predicted molar refractivity (Wildman–Crippen MR) is 149 cm³/mol. The number of pyridine rings is 1. The summed E-state index contributed by atoms with van der Waals surface area (Å²) in [6.07, 6.45) is -2.57. The first-order valence-electron chi connectivity index (χ1n) is 12.6. The SMILES string of the molecule is CCNS(=O)(=O)c1ccc(Oc2cccc(-c3c(Cc4ccccc4)cnc4c(C(F)(F)F)cccc34)c2)cc1. The molecule has 0 amide bonds.